The van der Waals surface area contributed by atoms with E-state index < -0.39 is 6.23 Å². The second-order valence-electron chi connectivity index (χ2n) is 5.11. The van der Waals surface area contributed by atoms with Gasteiger partial charge in [0.15, 0.2) is 5.82 Å². The van der Waals surface area contributed by atoms with Gasteiger partial charge in [0, 0.05) is 12.7 Å². The third-order valence-corrected chi connectivity index (χ3v) is 4.26. The van der Waals surface area contributed by atoms with E-state index in [4.69, 9.17) is 27.9 Å². The summed E-state index contributed by atoms with van der Waals surface area (Å²) in [5, 5.41) is 9.01. The van der Waals surface area contributed by atoms with Crippen molar-refractivity contribution in [1.82, 2.24) is 19.7 Å². The number of methoxy groups -OCH3 is 1. The van der Waals surface area contributed by atoms with Crippen molar-refractivity contribution in [2.24, 2.45) is 4.99 Å². The first-order valence-electron chi connectivity index (χ1n) is 7.11. The van der Waals surface area contributed by atoms with Gasteiger partial charge < -0.3 is 4.74 Å². The molecule has 6 nitrogen and oxygen atoms in total. The van der Waals surface area contributed by atoms with Crippen molar-refractivity contribution in [2.45, 2.75) is 6.23 Å². The molecule has 3 aromatic rings. The van der Waals surface area contributed by atoms with Crippen LogP contribution in [0.15, 0.2) is 47.7 Å². The summed E-state index contributed by atoms with van der Waals surface area (Å²) < 4.78 is 7.29. The van der Waals surface area contributed by atoms with Crippen LogP contribution in [0.1, 0.15) is 23.3 Å². The molecule has 24 heavy (non-hydrogen) atoms. The van der Waals surface area contributed by atoms with E-state index in [0.29, 0.717) is 27.4 Å². The van der Waals surface area contributed by atoms with Crippen LogP contribution in [-0.2, 0) is 4.74 Å². The van der Waals surface area contributed by atoms with Crippen molar-refractivity contribution in [1.29, 1.82) is 0 Å². The molecule has 0 amide bonds. The molecule has 0 radical (unpaired) electrons. The molecule has 1 aromatic carbocycles. The second-order valence-corrected chi connectivity index (χ2v) is 5.90. The molecule has 1 aliphatic rings. The van der Waals surface area contributed by atoms with Crippen LogP contribution in [0.4, 0.5) is 0 Å². The summed E-state index contributed by atoms with van der Waals surface area (Å²) in [7, 11) is 1.56. The molecule has 120 valence electrons. The van der Waals surface area contributed by atoms with E-state index in [2.05, 4.69) is 20.2 Å². The molecule has 0 fully saturated rings. The molecule has 0 N–H and O–H groups in total. The summed E-state index contributed by atoms with van der Waals surface area (Å²) >= 11 is 12.5. The van der Waals surface area contributed by atoms with Gasteiger partial charge in [-0.1, -0.05) is 41.4 Å². The Hall–Kier alpha value is -2.28. The van der Waals surface area contributed by atoms with Crippen LogP contribution in [0.5, 0.6) is 0 Å². The van der Waals surface area contributed by atoms with Crippen molar-refractivity contribution in [2.75, 3.05) is 7.11 Å². The molecule has 0 spiro atoms. The van der Waals surface area contributed by atoms with Crippen LogP contribution in [0.2, 0.25) is 10.2 Å². The smallest absolute Gasteiger partial charge is 0.209 e. The molecule has 8 heteroatoms. The van der Waals surface area contributed by atoms with Gasteiger partial charge in [0.1, 0.15) is 17.2 Å². The number of aromatic nitrogens is 4. The summed E-state index contributed by atoms with van der Waals surface area (Å²) in [5.41, 5.74) is 2.69. The van der Waals surface area contributed by atoms with Gasteiger partial charge >= 0.3 is 0 Å². The molecular formula is C16H11Cl2N5O. The number of pyridine rings is 1. The summed E-state index contributed by atoms with van der Waals surface area (Å²) in [6.07, 6.45) is 0.965. The molecule has 3 heterocycles. The van der Waals surface area contributed by atoms with Crippen molar-refractivity contribution >= 4 is 28.9 Å². The summed E-state index contributed by atoms with van der Waals surface area (Å²) in [6, 6.07) is 11.0. The van der Waals surface area contributed by atoms with Gasteiger partial charge in [-0.2, -0.15) is 0 Å². The van der Waals surface area contributed by atoms with Gasteiger partial charge in [-0.15, -0.1) is 10.2 Å². The minimum atomic E-state index is -0.633. The lowest BCUT2D eigenvalue weighted by molar-refractivity contribution is 0.103. The maximum absolute atomic E-state index is 6.38. The minimum absolute atomic E-state index is 0.360. The largest absolute Gasteiger partial charge is 0.353 e. The number of rotatable bonds is 2. The second kappa shape index (κ2) is 5.98. The lowest BCUT2D eigenvalue weighted by atomic mass is 10.1. The zero-order valence-electron chi connectivity index (χ0n) is 12.5. The molecule has 4 rings (SSSR count). The van der Waals surface area contributed by atoms with E-state index in [0.717, 1.165) is 11.3 Å². The fraction of sp³-hybridized carbons (Fsp3) is 0.125. The Morgan fingerprint density at radius 2 is 1.96 bits per heavy atom. The van der Waals surface area contributed by atoms with Crippen molar-refractivity contribution in [3.63, 3.8) is 0 Å². The average Bonchev–Trinajstić information content (AvgIpc) is 3.02. The van der Waals surface area contributed by atoms with E-state index in [-0.39, 0.29) is 0 Å². The molecule has 2 aromatic heterocycles. The van der Waals surface area contributed by atoms with E-state index >= 15 is 0 Å². The molecule has 1 atom stereocenters. The highest BCUT2D eigenvalue weighted by atomic mass is 35.5. The number of benzene rings is 1. The zero-order chi connectivity index (χ0) is 16.7. The summed E-state index contributed by atoms with van der Waals surface area (Å²) in [6.45, 7) is 0. The third-order valence-electron chi connectivity index (χ3n) is 3.72. The SMILES string of the molecule is COC1N=C(c2ccccc2Cl)c2nc(Cl)ccc2-n2cnnc21. The van der Waals surface area contributed by atoms with Gasteiger partial charge in [-0.25, -0.2) is 9.98 Å². The lowest BCUT2D eigenvalue weighted by Gasteiger charge is -2.11. The number of nitrogens with zero attached hydrogens (tertiary/aromatic N) is 5. The number of fused-ring (bicyclic) bond motifs is 3. The highest BCUT2D eigenvalue weighted by Crippen LogP contribution is 2.31. The molecule has 0 bridgehead atoms. The fourth-order valence-corrected chi connectivity index (χ4v) is 3.01. The van der Waals surface area contributed by atoms with Crippen molar-refractivity contribution in [3.8, 4) is 5.69 Å². The van der Waals surface area contributed by atoms with Crippen molar-refractivity contribution < 1.29 is 4.74 Å². The number of hydrogen-bond donors (Lipinski definition) is 0. The molecule has 0 saturated heterocycles. The Balaban J connectivity index is 2.05. The third kappa shape index (κ3) is 2.39. The first-order valence-corrected chi connectivity index (χ1v) is 7.87. The predicted octanol–water partition coefficient (Wildman–Crippen LogP) is 3.47. The van der Waals surface area contributed by atoms with Crippen LogP contribution < -0.4 is 0 Å². The molecular weight excluding hydrogens is 349 g/mol. The Morgan fingerprint density at radius 1 is 1.12 bits per heavy atom. The van der Waals surface area contributed by atoms with Gasteiger partial charge in [0.05, 0.1) is 16.4 Å². The van der Waals surface area contributed by atoms with Gasteiger partial charge in [0.25, 0.3) is 0 Å². The Morgan fingerprint density at radius 3 is 2.75 bits per heavy atom. The quantitative estimate of drug-likeness (QED) is 0.657. The highest BCUT2D eigenvalue weighted by molar-refractivity contribution is 6.35. The van der Waals surface area contributed by atoms with E-state index in [1.54, 1.807) is 30.1 Å². The van der Waals surface area contributed by atoms with E-state index in [9.17, 15) is 0 Å². The summed E-state index contributed by atoms with van der Waals surface area (Å²) in [4.78, 5) is 9.15. The Bertz CT molecular complexity index is 953. The number of aliphatic imine (C=N–C) groups is 1. The van der Waals surface area contributed by atoms with Crippen LogP contribution in [0.25, 0.3) is 5.69 Å². The van der Waals surface area contributed by atoms with Gasteiger partial charge in [-0.05, 0) is 18.2 Å². The highest BCUT2D eigenvalue weighted by Gasteiger charge is 2.28. The van der Waals surface area contributed by atoms with E-state index in [1.807, 2.05) is 24.3 Å². The number of ether oxygens (including phenoxy) is 1. The molecule has 0 aliphatic carbocycles. The van der Waals surface area contributed by atoms with Gasteiger partial charge in [0.2, 0.25) is 6.23 Å². The minimum Gasteiger partial charge on any atom is -0.353 e. The Labute approximate surface area is 147 Å². The number of halogens is 2. The van der Waals surface area contributed by atoms with E-state index in [1.165, 1.54) is 0 Å². The maximum atomic E-state index is 6.38. The van der Waals surface area contributed by atoms with Crippen LogP contribution in [-0.4, -0.2) is 32.6 Å². The predicted molar refractivity (Wildman–Crippen MR) is 91.0 cm³/mol. The summed E-state index contributed by atoms with van der Waals surface area (Å²) in [5.74, 6) is 0.560. The average molecular weight is 360 g/mol. The molecule has 1 aliphatic heterocycles. The standard InChI is InChI=1S/C16H11Cl2N5O/c1-24-16-15-22-19-8-23(15)11-6-7-12(18)20-14(11)13(21-16)9-4-2-3-5-10(9)17/h2-8,16H,1H3. The van der Waals surface area contributed by atoms with Crippen LogP contribution in [0.3, 0.4) is 0 Å². The van der Waals surface area contributed by atoms with Gasteiger partial charge in [-0.3, -0.25) is 4.57 Å². The fourth-order valence-electron chi connectivity index (χ4n) is 2.64. The van der Waals surface area contributed by atoms with Crippen molar-refractivity contribution in [3.05, 3.63) is 70.0 Å². The molecule has 1 unspecified atom stereocenters. The topological polar surface area (TPSA) is 65.2 Å². The monoisotopic (exact) mass is 359 g/mol. The first-order chi connectivity index (χ1) is 11.7. The zero-order valence-corrected chi connectivity index (χ0v) is 14.0. The first kappa shape index (κ1) is 15.3. The molecule has 0 saturated carbocycles. The lowest BCUT2D eigenvalue weighted by Crippen LogP contribution is -2.10. The maximum Gasteiger partial charge on any atom is 0.209 e. The number of hydrogen-bond acceptors (Lipinski definition) is 5. The van der Waals surface area contributed by atoms with Crippen LogP contribution >= 0.6 is 23.2 Å². The normalized spacial score (nSPS) is 16.1. The Kier molecular flexibility index (Phi) is 3.80. The van der Waals surface area contributed by atoms with Crippen LogP contribution in [0, 0.1) is 0 Å².